The minimum Gasteiger partial charge on any atom is -0.389 e. The average molecular weight is 449 g/mol. The van der Waals surface area contributed by atoms with Gasteiger partial charge in [-0.15, -0.1) is 0 Å². The molecule has 30 heavy (non-hydrogen) atoms. The molecular formula is C22H25ClN2O4S. The van der Waals surface area contributed by atoms with Crippen LogP contribution < -0.4 is 0 Å². The highest BCUT2D eigenvalue weighted by atomic mass is 35.5. The molecule has 2 atom stereocenters. The number of ether oxygens (including phenoxy) is 1. The first-order valence-corrected chi connectivity index (χ1v) is 12.2. The van der Waals surface area contributed by atoms with Crippen molar-refractivity contribution >= 4 is 32.5 Å². The fourth-order valence-corrected chi connectivity index (χ4v) is 5.92. The number of aromatic nitrogens is 2. The second kappa shape index (κ2) is 9.06. The molecule has 0 amide bonds. The smallest absolute Gasteiger partial charge is 0.150 e. The summed E-state index contributed by atoms with van der Waals surface area (Å²) in [7, 11) is -2.94. The number of rotatable bonds is 8. The molecule has 0 spiro atoms. The minimum atomic E-state index is -2.94. The Hall–Kier alpha value is -1.93. The highest BCUT2D eigenvalue weighted by Gasteiger charge is 2.29. The Kier molecular flexibility index (Phi) is 6.43. The number of para-hydroxylation sites is 2. The van der Waals surface area contributed by atoms with Crippen LogP contribution in [0.4, 0.5) is 0 Å². The van der Waals surface area contributed by atoms with Crippen LogP contribution in [0.25, 0.3) is 11.0 Å². The standard InChI is InChI=1S/C22H25ClN2O4S/c23-18-7-5-16(6-8-18)13-29-14-19(26)12-25-21-4-2-1-3-20(21)24-22(25)11-17-9-10-30(27,28)15-17/h1-8,17,19,26H,9-15H2/t17-,19+/m0/s1. The number of imidazole rings is 1. The number of benzene rings is 2. The summed E-state index contributed by atoms with van der Waals surface area (Å²) in [4.78, 5) is 4.72. The number of nitrogens with zero attached hydrogens (tertiary/aromatic N) is 2. The molecule has 8 heteroatoms. The van der Waals surface area contributed by atoms with Gasteiger partial charge in [0.1, 0.15) is 5.82 Å². The van der Waals surface area contributed by atoms with Gasteiger partial charge in [0.15, 0.2) is 9.84 Å². The topological polar surface area (TPSA) is 81.4 Å². The molecular weight excluding hydrogens is 424 g/mol. The number of aliphatic hydroxyl groups is 1. The first-order chi connectivity index (χ1) is 14.4. The van der Waals surface area contributed by atoms with Crippen molar-refractivity contribution in [3.8, 4) is 0 Å². The van der Waals surface area contributed by atoms with Crippen molar-refractivity contribution < 1.29 is 18.3 Å². The van der Waals surface area contributed by atoms with Crippen LogP contribution in [0.15, 0.2) is 48.5 Å². The van der Waals surface area contributed by atoms with Crippen molar-refractivity contribution in [3.05, 3.63) is 64.9 Å². The van der Waals surface area contributed by atoms with Crippen molar-refractivity contribution in [3.63, 3.8) is 0 Å². The van der Waals surface area contributed by atoms with Crippen molar-refractivity contribution in [2.45, 2.75) is 32.1 Å². The fraction of sp³-hybridized carbons (Fsp3) is 0.409. The highest BCUT2D eigenvalue weighted by Crippen LogP contribution is 2.25. The zero-order valence-corrected chi connectivity index (χ0v) is 18.1. The van der Waals surface area contributed by atoms with E-state index in [1.807, 2.05) is 53.1 Å². The third-order valence-corrected chi connectivity index (χ3v) is 7.51. The second-order valence-corrected chi connectivity index (χ2v) is 10.6. The third kappa shape index (κ3) is 5.21. The lowest BCUT2D eigenvalue weighted by molar-refractivity contribution is 0.0205. The Labute approximate surface area is 181 Å². The lowest BCUT2D eigenvalue weighted by Gasteiger charge is -2.16. The molecule has 1 aromatic heterocycles. The third-order valence-electron chi connectivity index (χ3n) is 5.42. The predicted octanol–water partition coefficient (Wildman–Crippen LogP) is 3.24. The number of sulfone groups is 1. The molecule has 4 rings (SSSR count). The first kappa shape index (κ1) is 21.3. The molecule has 1 N–H and O–H groups in total. The Bertz CT molecular complexity index is 1110. The molecule has 1 aliphatic heterocycles. The number of aliphatic hydroxyl groups excluding tert-OH is 1. The maximum absolute atomic E-state index is 11.8. The van der Waals surface area contributed by atoms with Crippen LogP contribution in [0.2, 0.25) is 5.02 Å². The summed E-state index contributed by atoms with van der Waals surface area (Å²) in [6, 6.07) is 15.2. The van der Waals surface area contributed by atoms with E-state index in [0.717, 1.165) is 22.4 Å². The van der Waals surface area contributed by atoms with Gasteiger partial charge in [-0.3, -0.25) is 0 Å². The number of fused-ring (bicyclic) bond motifs is 1. The summed E-state index contributed by atoms with van der Waals surface area (Å²) in [5, 5.41) is 11.3. The van der Waals surface area contributed by atoms with E-state index in [1.165, 1.54) is 0 Å². The van der Waals surface area contributed by atoms with Crippen LogP contribution in [0.5, 0.6) is 0 Å². The Morgan fingerprint density at radius 3 is 2.70 bits per heavy atom. The Morgan fingerprint density at radius 1 is 1.20 bits per heavy atom. The fourth-order valence-electron chi connectivity index (χ4n) is 3.93. The number of hydrogen-bond acceptors (Lipinski definition) is 5. The molecule has 1 aliphatic rings. The summed E-state index contributed by atoms with van der Waals surface area (Å²) < 4.78 is 31.3. The molecule has 1 saturated heterocycles. The molecule has 0 aliphatic carbocycles. The van der Waals surface area contributed by atoms with E-state index in [4.69, 9.17) is 21.3 Å². The van der Waals surface area contributed by atoms with Gasteiger partial charge in [0.25, 0.3) is 0 Å². The molecule has 0 unspecified atom stereocenters. The monoisotopic (exact) mass is 448 g/mol. The van der Waals surface area contributed by atoms with Crippen molar-refractivity contribution in [2.24, 2.45) is 5.92 Å². The van der Waals surface area contributed by atoms with E-state index < -0.39 is 15.9 Å². The molecule has 0 radical (unpaired) electrons. The van der Waals surface area contributed by atoms with Crippen molar-refractivity contribution in [1.82, 2.24) is 9.55 Å². The van der Waals surface area contributed by atoms with Crippen molar-refractivity contribution in [2.75, 3.05) is 18.1 Å². The molecule has 160 valence electrons. The summed E-state index contributed by atoms with van der Waals surface area (Å²) in [6.07, 6.45) is 0.547. The van der Waals surface area contributed by atoms with E-state index in [9.17, 15) is 13.5 Å². The Balaban J connectivity index is 1.43. The molecule has 0 bridgehead atoms. The van der Waals surface area contributed by atoms with E-state index in [2.05, 4.69) is 0 Å². The maximum atomic E-state index is 11.8. The van der Waals surface area contributed by atoms with Gasteiger partial charge in [0.05, 0.1) is 48.4 Å². The SMILES string of the molecule is O=S1(=O)CC[C@@H](Cc2nc3ccccc3n2C[C@@H](O)COCc2ccc(Cl)cc2)C1. The first-order valence-electron chi connectivity index (χ1n) is 10.0. The zero-order valence-electron chi connectivity index (χ0n) is 16.6. The Morgan fingerprint density at radius 2 is 1.97 bits per heavy atom. The van der Waals surface area contributed by atoms with Gasteiger partial charge in [-0.2, -0.15) is 0 Å². The van der Waals surface area contributed by atoms with E-state index in [0.29, 0.717) is 31.0 Å². The summed E-state index contributed by atoms with van der Waals surface area (Å²) in [6.45, 7) is 0.925. The van der Waals surface area contributed by atoms with Gasteiger partial charge in [-0.05, 0) is 42.2 Å². The largest absolute Gasteiger partial charge is 0.389 e. The molecule has 0 saturated carbocycles. The molecule has 1 fully saturated rings. The highest BCUT2D eigenvalue weighted by molar-refractivity contribution is 7.91. The van der Waals surface area contributed by atoms with Gasteiger partial charge in [-0.25, -0.2) is 13.4 Å². The van der Waals surface area contributed by atoms with E-state index >= 15 is 0 Å². The molecule has 2 aromatic carbocycles. The van der Waals surface area contributed by atoms with Crippen LogP contribution in [0, 0.1) is 5.92 Å². The van der Waals surface area contributed by atoms with Crippen LogP contribution >= 0.6 is 11.6 Å². The lowest BCUT2D eigenvalue weighted by Crippen LogP contribution is -2.24. The van der Waals surface area contributed by atoms with Gasteiger partial charge < -0.3 is 14.4 Å². The number of hydrogen-bond donors (Lipinski definition) is 1. The van der Waals surface area contributed by atoms with Gasteiger partial charge >= 0.3 is 0 Å². The molecule has 6 nitrogen and oxygen atoms in total. The summed E-state index contributed by atoms with van der Waals surface area (Å²) >= 11 is 5.89. The molecule has 2 heterocycles. The van der Waals surface area contributed by atoms with Crippen LogP contribution in [0.3, 0.4) is 0 Å². The maximum Gasteiger partial charge on any atom is 0.150 e. The lowest BCUT2D eigenvalue weighted by atomic mass is 10.1. The van der Waals surface area contributed by atoms with E-state index in [1.54, 1.807) is 0 Å². The van der Waals surface area contributed by atoms with Gasteiger partial charge in [-0.1, -0.05) is 35.9 Å². The van der Waals surface area contributed by atoms with Gasteiger partial charge in [0, 0.05) is 11.4 Å². The minimum absolute atomic E-state index is 0.0730. The van der Waals surface area contributed by atoms with Crippen LogP contribution in [-0.4, -0.2) is 47.3 Å². The summed E-state index contributed by atoms with van der Waals surface area (Å²) in [5.74, 6) is 1.35. The average Bonchev–Trinajstić information content (AvgIpc) is 3.23. The van der Waals surface area contributed by atoms with Crippen molar-refractivity contribution in [1.29, 1.82) is 0 Å². The quantitative estimate of drug-likeness (QED) is 0.572. The predicted molar refractivity (Wildman–Crippen MR) is 117 cm³/mol. The van der Waals surface area contributed by atoms with Gasteiger partial charge in [0.2, 0.25) is 0 Å². The van der Waals surface area contributed by atoms with E-state index in [-0.39, 0.29) is 24.0 Å². The second-order valence-electron chi connectivity index (χ2n) is 7.90. The molecule has 3 aromatic rings. The number of halogens is 1. The summed E-state index contributed by atoms with van der Waals surface area (Å²) in [5.41, 5.74) is 2.77. The normalized spacial score (nSPS) is 19.3. The zero-order chi connectivity index (χ0) is 21.1. The van der Waals surface area contributed by atoms with Crippen LogP contribution in [-0.2, 0) is 34.1 Å². The van der Waals surface area contributed by atoms with Crippen LogP contribution in [0.1, 0.15) is 17.8 Å².